The fourth-order valence-electron chi connectivity index (χ4n) is 3.37. The second-order valence-electron chi connectivity index (χ2n) is 6.64. The van der Waals surface area contributed by atoms with Gasteiger partial charge in [-0.2, -0.15) is 4.98 Å². The molecule has 0 unspecified atom stereocenters. The molecule has 0 spiro atoms. The van der Waals surface area contributed by atoms with Crippen LogP contribution in [0.1, 0.15) is 12.8 Å². The van der Waals surface area contributed by atoms with E-state index in [1.54, 1.807) is 36.4 Å². The predicted molar refractivity (Wildman–Crippen MR) is 101 cm³/mol. The van der Waals surface area contributed by atoms with Crippen LogP contribution in [-0.2, 0) is 4.79 Å². The van der Waals surface area contributed by atoms with Gasteiger partial charge in [-0.25, -0.2) is 4.98 Å². The second kappa shape index (κ2) is 6.71. The molecule has 1 amide bonds. The van der Waals surface area contributed by atoms with Gasteiger partial charge in [0.2, 0.25) is 11.9 Å². The van der Waals surface area contributed by atoms with Crippen molar-refractivity contribution in [1.82, 2.24) is 15.0 Å². The molecule has 0 bridgehead atoms. The topological polar surface area (TPSA) is 125 Å². The molecule has 0 atom stereocenters. The molecule has 8 nitrogen and oxygen atoms in total. The highest BCUT2D eigenvalue weighted by Gasteiger charge is 2.24. The SMILES string of the molecule is NC(=O)C1CCN(c2nc3nc(-c4ccccc4O)ccc3c(=O)[nH]2)CC1. The van der Waals surface area contributed by atoms with Crippen molar-refractivity contribution in [3.8, 4) is 17.0 Å². The van der Waals surface area contributed by atoms with E-state index in [4.69, 9.17) is 5.73 Å². The number of fused-ring (bicyclic) bond motifs is 1. The van der Waals surface area contributed by atoms with Crippen LogP contribution < -0.4 is 16.2 Å². The molecule has 4 N–H and O–H groups in total. The van der Waals surface area contributed by atoms with Crippen LogP contribution in [-0.4, -0.2) is 39.1 Å². The first-order valence-electron chi connectivity index (χ1n) is 8.76. The number of aromatic hydroxyl groups is 1. The number of H-pyrrole nitrogens is 1. The molecule has 1 aliphatic heterocycles. The number of carbonyl (C=O) groups is 1. The molecule has 2 aromatic heterocycles. The monoisotopic (exact) mass is 365 g/mol. The van der Waals surface area contributed by atoms with E-state index >= 15 is 0 Å². The van der Waals surface area contributed by atoms with Gasteiger partial charge in [0.1, 0.15) is 5.75 Å². The molecule has 8 heteroatoms. The molecule has 3 heterocycles. The number of piperidine rings is 1. The van der Waals surface area contributed by atoms with Crippen molar-refractivity contribution in [3.63, 3.8) is 0 Å². The fourth-order valence-corrected chi connectivity index (χ4v) is 3.37. The molecular weight excluding hydrogens is 346 g/mol. The van der Waals surface area contributed by atoms with Gasteiger partial charge >= 0.3 is 0 Å². The summed E-state index contributed by atoms with van der Waals surface area (Å²) in [4.78, 5) is 37.5. The van der Waals surface area contributed by atoms with Crippen molar-refractivity contribution < 1.29 is 9.90 Å². The highest BCUT2D eigenvalue weighted by atomic mass is 16.3. The molecule has 1 saturated heterocycles. The number of aromatic amines is 1. The number of rotatable bonds is 3. The molecule has 1 aliphatic rings. The van der Waals surface area contributed by atoms with Gasteiger partial charge in [-0.15, -0.1) is 0 Å². The Bertz CT molecular complexity index is 1070. The number of nitrogens with two attached hydrogens (primary N) is 1. The number of phenols is 1. The van der Waals surface area contributed by atoms with Crippen LogP contribution in [0.4, 0.5) is 5.95 Å². The Labute approximate surface area is 154 Å². The third kappa shape index (κ3) is 3.21. The van der Waals surface area contributed by atoms with E-state index in [9.17, 15) is 14.7 Å². The minimum atomic E-state index is -0.288. The molecule has 27 heavy (non-hydrogen) atoms. The molecular formula is C19H19N5O3. The van der Waals surface area contributed by atoms with E-state index in [1.807, 2.05) is 4.90 Å². The summed E-state index contributed by atoms with van der Waals surface area (Å²) in [6.07, 6.45) is 1.25. The molecule has 4 rings (SSSR count). The fraction of sp³-hybridized carbons (Fsp3) is 0.263. The standard InChI is InChI=1S/C19H19N5O3/c20-16(26)11-7-9-24(10-8-11)19-22-17-13(18(27)23-19)5-6-14(21-17)12-3-1-2-4-15(12)25/h1-6,11,25H,7-10H2,(H2,20,26)(H,21,22,23,27). The second-order valence-corrected chi connectivity index (χ2v) is 6.64. The summed E-state index contributed by atoms with van der Waals surface area (Å²) in [5.74, 6) is 0.114. The molecule has 0 radical (unpaired) electrons. The van der Waals surface area contributed by atoms with Gasteiger partial charge in [0.25, 0.3) is 5.56 Å². The van der Waals surface area contributed by atoms with Crippen LogP contribution >= 0.6 is 0 Å². The third-order valence-corrected chi connectivity index (χ3v) is 4.93. The highest BCUT2D eigenvalue weighted by Crippen LogP contribution is 2.28. The summed E-state index contributed by atoms with van der Waals surface area (Å²) in [7, 11) is 0. The Morgan fingerprint density at radius 3 is 2.59 bits per heavy atom. The van der Waals surface area contributed by atoms with Gasteiger partial charge in [-0.3, -0.25) is 14.6 Å². The zero-order valence-corrected chi connectivity index (χ0v) is 14.6. The van der Waals surface area contributed by atoms with E-state index in [0.29, 0.717) is 54.2 Å². The van der Waals surface area contributed by atoms with E-state index in [1.165, 1.54) is 0 Å². The van der Waals surface area contributed by atoms with E-state index < -0.39 is 0 Å². The van der Waals surface area contributed by atoms with E-state index in [-0.39, 0.29) is 23.1 Å². The summed E-state index contributed by atoms with van der Waals surface area (Å²) in [5, 5.41) is 10.4. The molecule has 1 fully saturated rings. The van der Waals surface area contributed by atoms with Crippen molar-refractivity contribution in [1.29, 1.82) is 0 Å². The lowest BCUT2D eigenvalue weighted by Gasteiger charge is -2.30. The lowest BCUT2D eigenvalue weighted by molar-refractivity contribution is -0.122. The largest absolute Gasteiger partial charge is 0.507 e. The minimum absolute atomic E-state index is 0.114. The van der Waals surface area contributed by atoms with Crippen LogP contribution in [0.25, 0.3) is 22.3 Å². The highest BCUT2D eigenvalue weighted by molar-refractivity contribution is 5.80. The Hall–Kier alpha value is -3.42. The predicted octanol–water partition coefficient (Wildman–Crippen LogP) is 1.39. The van der Waals surface area contributed by atoms with Gasteiger partial charge in [0.05, 0.1) is 11.1 Å². The number of benzene rings is 1. The summed E-state index contributed by atoms with van der Waals surface area (Å²) in [6, 6.07) is 10.2. The number of nitrogens with one attached hydrogen (secondary N) is 1. The van der Waals surface area contributed by atoms with Gasteiger partial charge in [0, 0.05) is 24.6 Å². The summed E-state index contributed by atoms with van der Waals surface area (Å²) in [5.41, 5.74) is 6.52. The maximum absolute atomic E-state index is 12.4. The van der Waals surface area contributed by atoms with Crippen LogP contribution in [0.5, 0.6) is 5.75 Å². The van der Waals surface area contributed by atoms with Gasteiger partial charge < -0.3 is 15.7 Å². The number of aromatic nitrogens is 3. The van der Waals surface area contributed by atoms with Crippen molar-refractivity contribution >= 4 is 22.9 Å². The quantitative estimate of drug-likeness (QED) is 0.644. The van der Waals surface area contributed by atoms with Gasteiger partial charge in [-0.05, 0) is 37.1 Å². The number of amides is 1. The maximum Gasteiger partial charge on any atom is 0.261 e. The number of phenolic OH excluding ortho intramolecular Hbond substituents is 1. The first-order valence-corrected chi connectivity index (χ1v) is 8.76. The molecule has 0 aliphatic carbocycles. The van der Waals surface area contributed by atoms with Gasteiger partial charge in [0.15, 0.2) is 5.65 Å². The number of anilines is 1. The zero-order valence-electron chi connectivity index (χ0n) is 14.6. The lowest BCUT2D eigenvalue weighted by Crippen LogP contribution is -2.40. The average molecular weight is 365 g/mol. The Morgan fingerprint density at radius 2 is 1.89 bits per heavy atom. The average Bonchev–Trinajstić information content (AvgIpc) is 2.68. The third-order valence-electron chi connectivity index (χ3n) is 4.93. The summed E-state index contributed by atoms with van der Waals surface area (Å²) < 4.78 is 0. The Kier molecular flexibility index (Phi) is 4.23. The molecule has 138 valence electrons. The van der Waals surface area contributed by atoms with Crippen molar-refractivity contribution in [2.75, 3.05) is 18.0 Å². The van der Waals surface area contributed by atoms with Crippen molar-refractivity contribution in [2.45, 2.75) is 12.8 Å². The normalized spacial score (nSPS) is 15.2. The zero-order chi connectivity index (χ0) is 19.0. The van der Waals surface area contributed by atoms with E-state index in [2.05, 4.69) is 15.0 Å². The van der Waals surface area contributed by atoms with Crippen LogP contribution in [0.2, 0.25) is 0 Å². The number of nitrogens with zero attached hydrogens (tertiary/aromatic N) is 3. The van der Waals surface area contributed by atoms with Crippen LogP contribution in [0, 0.1) is 5.92 Å². The van der Waals surface area contributed by atoms with Crippen LogP contribution in [0.15, 0.2) is 41.2 Å². The first kappa shape index (κ1) is 17.0. The summed E-state index contributed by atoms with van der Waals surface area (Å²) in [6.45, 7) is 1.17. The molecule has 3 aromatic rings. The number of pyridine rings is 1. The number of para-hydroxylation sites is 1. The van der Waals surface area contributed by atoms with E-state index in [0.717, 1.165) is 0 Å². The minimum Gasteiger partial charge on any atom is -0.507 e. The summed E-state index contributed by atoms with van der Waals surface area (Å²) >= 11 is 0. The Morgan fingerprint density at radius 1 is 1.15 bits per heavy atom. The molecule has 1 aromatic carbocycles. The molecule has 0 saturated carbocycles. The smallest absolute Gasteiger partial charge is 0.261 e. The number of hydrogen-bond donors (Lipinski definition) is 3. The number of primary amides is 1. The van der Waals surface area contributed by atoms with Crippen LogP contribution in [0.3, 0.4) is 0 Å². The van der Waals surface area contributed by atoms with Crippen molar-refractivity contribution in [3.05, 3.63) is 46.8 Å². The lowest BCUT2D eigenvalue weighted by atomic mass is 9.96. The number of carbonyl (C=O) groups excluding carboxylic acids is 1. The number of hydrogen-bond acceptors (Lipinski definition) is 6. The van der Waals surface area contributed by atoms with Crippen molar-refractivity contribution in [2.24, 2.45) is 11.7 Å². The van der Waals surface area contributed by atoms with Gasteiger partial charge in [-0.1, -0.05) is 12.1 Å². The maximum atomic E-state index is 12.4. The first-order chi connectivity index (χ1) is 13.0. The Balaban J connectivity index is 1.71.